The van der Waals surface area contributed by atoms with E-state index in [1.807, 2.05) is 0 Å². The van der Waals surface area contributed by atoms with E-state index in [-0.39, 0.29) is 31.1 Å². The molecule has 0 amide bonds. The normalized spacial score (nSPS) is 12.4. The fraction of sp³-hybridized carbons (Fsp3) is 0.807. The molecule has 0 aromatic carbocycles. The molecule has 0 bridgehead atoms. The molecule has 0 heterocycles. The van der Waals surface area contributed by atoms with Crippen molar-refractivity contribution in [3.05, 3.63) is 48.6 Å². The monoisotopic (exact) mass is 883 g/mol. The number of carbonyl (C=O) groups excluding carboxylic acids is 3. The number of hydrogen-bond donors (Lipinski definition) is 0. The van der Waals surface area contributed by atoms with Crippen LogP contribution in [0.2, 0.25) is 0 Å². The Hall–Kier alpha value is -2.63. The van der Waals surface area contributed by atoms with Gasteiger partial charge in [0.05, 0.1) is 0 Å². The average Bonchev–Trinajstić information content (AvgIpc) is 3.28. The SMILES string of the molecule is CC/C=C\C/C=C\C/C=C\C/C=C\CCCCCCCCCCCCCCC(=O)OCC(COC(=O)CCCCCCCCCCC)OC(=O)CCCCCCCCCCCCC. The van der Waals surface area contributed by atoms with Crippen molar-refractivity contribution in [1.29, 1.82) is 0 Å². The van der Waals surface area contributed by atoms with Gasteiger partial charge in [-0.1, -0.05) is 249 Å². The Morgan fingerprint density at radius 2 is 0.619 bits per heavy atom. The fourth-order valence-electron chi connectivity index (χ4n) is 7.79. The van der Waals surface area contributed by atoms with Gasteiger partial charge in [0.25, 0.3) is 0 Å². The molecule has 0 saturated heterocycles. The first-order valence-corrected chi connectivity index (χ1v) is 27.1. The molecule has 0 aromatic rings. The van der Waals surface area contributed by atoms with Crippen LogP contribution < -0.4 is 0 Å². The smallest absolute Gasteiger partial charge is 0.306 e. The van der Waals surface area contributed by atoms with Crippen molar-refractivity contribution >= 4 is 17.9 Å². The van der Waals surface area contributed by atoms with Gasteiger partial charge in [-0.3, -0.25) is 14.4 Å². The molecule has 0 spiro atoms. The van der Waals surface area contributed by atoms with Gasteiger partial charge in [-0.15, -0.1) is 0 Å². The molecular weight excluding hydrogens is 781 g/mol. The second-order valence-corrected chi connectivity index (χ2v) is 18.1. The summed E-state index contributed by atoms with van der Waals surface area (Å²) >= 11 is 0. The molecule has 0 aliphatic carbocycles. The van der Waals surface area contributed by atoms with Crippen LogP contribution in [0, 0.1) is 0 Å². The number of carbonyl (C=O) groups is 3. The standard InChI is InChI=1S/C57H102O6/c1-4-7-10-13-16-19-21-22-23-24-25-26-27-28-29-30-31-32-33-34-36-38-41-44-47-50-56(59)62-53-54(52-61-55(58)49-46-43-40-37-18-15-12-9-6-3)63-57(60)51-48-45-42-39-35-20-17-14-11-8-5-2/h7,10,16,19,22-23,25-26,54H,4-6,8-9,11-15,17-18,20-21,24,27-53H2,1-3H3/b10-7-,19-16-,23-22-,26-25-. The third-order valence-electron chi connectivity index (χ3n) is 11.8. The number of hydrogen-bond acceptors (Lipinski definition) is 6. The average molecular weight is 883 g/mol. The van der Waals surface area contributed by atoms with Crippen LogP contribution in [0.1, 0.15) is 278 Å². The zero-order valence-electron chi connectivity index (χ0n) is 41.8. The van der Waals surface area contributed by atoms with Crippen LogP contribution in [0.4, 0.5) is 0 Å². The molecule has 0 saturated carbocycles. The molecule has 0 rings (SSSR count). The van der Waals surface area contributed by atoms with Crippen molar-refractivity contribution in [3.8, 4) is 0 Å². The van der Waals surface area contributed by atoms with Gasteiger partial charge in [-0.2, -0.15) is 0 Å². The third-order valence-corrected chi connectivity index (χ3v) is 11.8. The van der Waals surface area contributed by atoms with Crippen LogP contribution in [0.15, 0.2) is 48.6 Å². The molecule has 366 valence electrons. The predicted octanol–water partition coefficient (Wildman–Crippen LogP) is 17.9. The molecule has 0 radical (unpaired) electrons. The van der Waals surface area contributed by atoms with Crippen LogP contribution in [0.25, 0.3) is 0 Å². The van der Waals surface area contributed by atoms with Gasteiger partial charge in [-0.05, 0) is 57.8 Å². The van der Waals surface area contributed by atoms with Gasteiger partial charge in [0, 0.05) is 19.3 Å². The third kappa shape index (κ3) is 50.2. The summed E-state index contributed by atoms with van der Waals surface area (Å²) in [5.41, 5.74) is 0. The quantitative estimate of drug-likeness (QED) is 0.0262. The van der Waals surface area contributed by atoms with E-state index in [9.17, 15) is 14.4 Å². The van der Waals surface area contributed by atoms with Crippen LogP contribution >= 0.6 is 0 Å². The van der Waals surface area contributed by atoms with Gasteiger partial charge in [-0.25, -0.2) is 0 Å². The van der Waals surface area contributed by atoms with Crippen LogP contribution in [-0.4, -0.2) is 37.2 Å². The van der Waals surface area contributed by atoms with E-state index in [1.54, 1.807) is 0 Å². The van der Waals surface area contributed by atoms with E-state index in [4.69, 9.17) is 14.2 Å². The van der Waals surface area contributed by atoms with E-state index >= 15 is 0 Å². The van der Waals surface area contributed by atoms with E-state index in [2.05, 4.69) is 69.4 Å². The summed E-state index contributed by atoms with van der Waals surface area (Å²) in [4.78, 5) is 37.9. The minimum atomic E-state index is -0.766. The first kappa shape index (κ1) is 60.4. The first-order chi connectivity index (χ1) is 31.0. The topological polar surface area (TPSA) is 78.9 Å². The Labute approximate surface area is 390 Å². The molecule has 0 N–H and O–H groups in total. The van der Waals surface area contributed by atoms with Crippen LogP contribution in [-0.2, 0) is 28.6 Å². The van der Waals surface area contributed by atoms with Crippen molar-refractivity contribution in [1.82, 2.24) is 0 Å². The van der Waals surface area contributed by atoms with Gasteiger partial charge in [0.15, 0.2) is 6.10 Å². The predicted molar refractivity (Wildman–Crippen MR) is 270 cm³/mol. The van der Waals surface area contributed by atoms with E-state index in [0.717, 1.165) is 83.5 Å². The van der Waals surface area contributed by atoms with Gasteiger partial charge >= 0.3 is 17.9 Å². The lowest BCUT2D eigenvalue weighted by Crippen LogP contribution is -2.30. The van der Waals surface area contributed by atoms with Crippen LogP contribution in [0.3, 0.4) is 0 Å². The van der Waals surface area contributed by atoms with Gasteiger partial charge in [0.2, 0.25) is 0 Å². The van der Waals surface area contributed by atoms with E-state index in [0.29, 0.717) is 19.3 Å². The largest absolute Gasteiger partial charge is 0.462 e. The summed E-state index contributed by atoms with van der Waals surface area (Å²) in [7, 11) is 0. The van der Waals surface area contributed by atoms with Crippen molar-refractivity contribution in [2.24, 2.45) is 0 Å². The second kappa shape index (κ2) is 52.0. The van der Waals surface area contributed by atoms with Crippen molar-refractivity contribution < 1.29 is 28.6 Å². The zero-order valence-corrected chi connectivity index (χ0v) is 41.8. The Morgan fingerprint density at radius 3 is 0.968 bits per heavy atom. The Balaban J connectivity index is 4.14. The molecule has 63 heavy (non-hydrogen) atoms. The highest BCUT2D eigenvalue weighted by molar-refractivity contribution is 5.71. The summed E-state index contributed by atoms with van der Waals surface area (Å²) in [5.74, 6) is -0.865. The number of rotatable bonds is 49. The summed E-state index contributed by atoms with van der Waals surface area (Å²) in [5, 5.41) is 0. The highest BCUT2D eigenvalue weighted by Crippen LogP contribution is 2.16. The fourth-order valence-corrected chi connectivity index (χ4v) is 7.79. The van der Waals surface area contributed by atoms with E-state index in [1.165, 1.54) is 154 Å². The lowest BCUT2D eigenvalue weighted by Gasteiger charge is -2.18. The molecule has 1 atom stereocenters. The molecule has 6 nitrogen and oxygen atoms in total. The number of ether oxygens (including phenoxy) is 3. The maximum atomic E-state index is 12.7. The Bertz CT molecular complexity index is 1110. The minimum Gasteiger partial charge on any atom is -0.462 e. The molecule has 0 aromatic heterocycles. The lowest BCUT2D eigenvalue weighted by atomic mass is 10.0. The number of allylic oxidation sites excluding steroid dienone is 8. The van der Waals surface area contributed by atoms with Gasteiger partial charge in [0.1, 0.15) is 13.2 Å². The van der Waals surface area contributed by atoms with Crippen molar-refractivity contribution in [3.63, 3.8) is 0 Å². The maximum absolute atomic E-state index is 12.7. The molecule has 6 heteroatoms. The maximum Gasteiger partial charge on any atom is 0.306 e. The van der Waals surface area contributed by atoms with Gasteiger partial charge < -0.3 is 14.2 Å². The number of unbranched alkanes of at least 4 members (excludes halogenated alkanes) is 30. The lowest BCUT2D eigenvalue weighted by molar-refractivity contribution is -0.167. The van der Waals surface area contributed by atoms with E-state index < -0.39 is 6.10 Å². The first-order valence-electron chi connectivity index (χ1n) is 27.1. The highest BCUT2D eigenvalue weighted by atomic mass is 16.6. The summed E-state index contributed by atoms with van der Waals surface area (Å²) in [6, 6.07) is 0. The van der Waals surface area contributed by atoms with Crippen molar-refractivity contribution in [2.45, 2.75) is 284 Å². The molecular formula is C57H102O6. The van der Waals surface area contributed by atoms with Crippen LogP contribution in [0.5, 0.6) is 0 Å². The number of esters is 3. The Morgan fingerprint density at radius 1 is 0.333 bits per heavy atom. The Kier molecular flexibility index (Phi) is 49.8. The molecule has 0 aliphatic rings. The highest BCUT2D eigenvalue weighted by Gasteiger charge is 2.19. The molecule has 0 fully saturated rings. The zero-order chi connectivity index (χ0) is 45.8. The molecule has 1 unspecified atom stereocenters. The summed E-state index contributed by atoms with van der Waals surface area (Å²) in [6.07, 6.45) is 62.5. The van der Waals surface area contributed by atoms with Crippen molar-refractivity contribution in [2.75, 3.05) is 13.2 Å². The minimum absolute atomic E-state index is 0.0692. The summed E-state index contributed by atoms with van der Waals surface area (Å²) in [6.45, 7) is 6.52. The second-order valence-electron chi connectivity index (χ2n) is 18.1. The molecule has 0 aliphatic heterocycles. The summed E-state index contributed by atoms with van der Waals surface area (Å²) < 4.78 is 16.8.